The summed E-state index contributed by atoms with van der Waals surface area (Å²) in [6.07, 6.45) is 0. The molecule has 0 nitrogen and oxygen atoms in total. The van der Waals surface area contributed by atoms with Crippen molar-refractivity contribution >= 4 is 43.6 Å². The molecule has 3 atom stereocenters. The minimum atomic E-state index is 1.25. The first-order valence-corrected chi connectivity index (χ1v) is 7.24. The number of benzene rings is 2. The van der Waals surface area contributed by atoms with Crippen LogP contribution in [0, 0.1) is 13.8 Å². The van der Waals surface area contributed by atoms with Crippen molar-refractivity contribution < 1.29 is 0 Å². The van der Waals surface area contributed by atoms with Gasteiger partial charge in [-0.05, 0) is 52.5 Å². The highest BCUT2D eigenvalue weighted by molar-refractivity contribution is 7.36. The average Bonchev–Trinajstić information content (AvgIpc) is 2.25. The predicted octanol–water partition coefficient (Wildman–Crippen LogP) is 2.47. The number of hydrogen-bond acceptors (Lipinski definition) is 0. The fourth-order valence-corrected chi connectivity index (χ4v) is 3.03. The maximum Gasteiger partial charge on any atom is -0.0112 e. The molecule has 0 heterocycles. The van der Waals surface area contributed by atoms with E-state index in [9.17, 15) is 0 Å². The third-order valence-electron chi connectivity index (χ3n) is 2.94. The summed E-state index contributed by atoms with van der Waals surface area (Å²) in [5, 5.41) is 3.77. The van der Waals surface area contributed by atoms with Crippen LogP contribution in [0.15, 0.2) is 30.3 Å². The van der Waals surface area contributed by atoms with Crippen LogP contribution >= 0.6 is 27.7 Å². The Morgan fingerprint density at radius 1 is 0.824 bits per heavy atom. The highest BCUT2D eigenvalue weighted by Gasteiger charge is 2.06. The van der Waals surface area contributed by atoms with E-state index in [1.165, 1.54) is 38.2 Å². The van der Waals surface area contributed by atoms with Crippen molar-refractivity contribution in [3.63, 3.8) is 0 Å². The Morgan fingerprint density at radius 2 is 1.53 bits per heavy atom. The van der Waals surface area contributed by atoms with Gasteiger partial charge < -0.3 is 0 Å². The first kappa shape index (κ1) is 13.2. The number of rotatable bonds is 1. The van der Waals surface area contributed by atoms with Crippen LogP contribution in [-0.4, -0.2) is 0 Å². The average molecular weight is 278 g/mol. The van der Waals surface area contributed by atoms with E-state index >= 15 is 0 Å². The molecule has 0 N–H and O–H groups in total. The lowest BCUT2D eigenvalue weighted by atomic mass is 10.0. The van der Waals surface area contributed by atoms with Crippen LogP contribution in [0.25, 0.3) is 11.1 Å². The third kappa shape index (κ3) is 2.77. The normalized spacial score (nSPS) is 10.6. The standard InChI is InChI=1S/C14H17P3/c1-8-3-4-11(12(15)5-8)10-6-9(2)14(17)13(16)7-10/h3-7H,15-17H2,1-2H3. The summed E-state index contributed by atoms with van der Waals surface area (Å²) in [4.78, 5) is 0. The van der Waals surface area contributed by atoms with Gasteiger partial charge in [0, 0.05) is 0 Å². The van der Waals surface area contributed by atoms with E-state index in [1.807, 2.05) is 0 Å². The minimum Gasteiger partial charge on any atom is -0.105 e. The van der Waals surface area contributed by atoms with Crippen molar-refractivity contribution in [3.05, 3.63) is 41.5 Å². The lowest BCUT2D eigenvalue weighted by Crippen LogP contribution is -2.15. The molecular formula is C14H17P3. The van der Waals surface area contributed by atoms with Gasteiger partial charge in [-0.3, -0.25) is 0 Å². The molecule has 2 aromatic carbocycles. The molecule has 3 unspecified atom stereocenters. The number of hydrogen-bond donors (Lipinski definition) is 0. The first-order chi connectivity index (χ1) is 7.99. The van der Waals surface area contributed by atoms with Crippen molar-refractivity contribution in [3.8, 4) is 11.1 Å². The van der Waals surface area contributed by atoms with E-state index in [1.54, 1.807) is 0 Å². The molecule has 0 saturated heterocycles. The lowest BCUT2D eigenvalue weighted by Gasteiger charge is -2.11. The maximum atomic E-state index is 2.83. The van der Waals surface area contributed by atoms with Crippen LogP contribution in [-0.2, 0) is 0 Å². The second kappa shape index (κ2) is 5.16. The van der Waals surface area contributed by atoms with Gasteiger partial charge in [0.05, 0.1) is 0 Å². The quantitative estimate of drug-likeness (QED) is 0.703. The van der Waals surface area contributed by atoms with Crippen molar-refractivity contribution in [1.82, 2.24) is 0 Å². The molecule has 0 fully saturated rings. The van der Waals surface area contributed by atoms with Crippen LogP contribution in [0.1, 0.15) is 11.1 Å². The van der Waals surface area contributed by atoms with Gasteiger partial charge in [-0.15, -0.1) is 27.7 Å². The van der Waals surface area contributed by atoms with Gasteiger partial charge in [0.25, 0.3) is 0 Å². The summed E-state index contributed by atoms with van der Waals surface area (Å²) >= 11 is 0. The zero-order valence-corrected chi connectivity index (χ0v) is 13.6. The van der Waals surface area contributed by atoms with Crippen molar-refractivity contribution in [2.45, 2.75) is 13.8 Å². The minimum absolute atomic E-state index is 1.25. The van der Waals surface area contributed by atoms with Crippen LogP contribution in [0.3, 0.4) is 0 Å². The Hall–Kier alpha value is -0.270. The molecule has 2 rings (SSSR count). The molecule has 0 amide bonds. The monoisotopic (exact) mass is 278 g/mol. The zero-order chi connectivity index (χ0) is 12.6. The van der Waals surface area contributed by atoms with Gasteiger partial charge in [-0.25, -0.2) is 0 Å². The van der Waals surface area contributed by atoms with Gasteiger partial charge in [-0.1, -0.05) is 29.8 Å². The van der Waals surface area contributed by atoms with E-state index in [0.717, 1.165) is 0 Å². The second-order valence-corrected chi connectivity index (χ2v) is 6.21. The van der Waals surface area contributed by atoms with Crippen LogP contribution in [0.4, 0.5) is 0 Å². The smallest absolute Gasteiger partial charge is 0.0112 e. The predicted molar refractivity (Wildman–Crippen MR) is 89.4 cm³/mol. The Bertz CT molecular complexity index is 551. The Labute approximate surface area is 110 Å². The zero-order valence-electron chi connectivity index (χ0n) is 10.1. The summed E-state index contributed by atoms with van der Waals surface area (Å²) in [5.74, 6) is 0. The third-order valence-corrected chi connectivity index (χ3v) is 5.01. The topological polar surface area (TPSA) is 0 Å². The lowest BCUT2D eigenvalue weighted by molar-refractivity contribution is 1.48. The van der Waals surface area contributed by atoms with E-state index < -0.39 is 0 Å². The molecule has 3 heteroatoms. The number of aryl methyl sites for hydroxylation is 2. The fraction of sp³-hybridized carbons (Fsp3) is 0.143. The van der Waals surface area contributed by atoms with Gasteiger partial charge >= 0.3 is 0 Å². The molecule has 17 heavy (non-hydrogen) atoms. The molecule has 0 aliphatic heterocycles. The largest absolute Gasteiger partial charge is 0.105 e. The fourth-order valence-electron chi connectivity index (χ4n) is 1.93. The van der Waals surface area contributed by atoms with Crippen LogP contribution in [0.2, 0.25) is 0 Å². The Kier molecular flexibility index (Phi) is 3.99. The van der Waals surface area contributed by atoms with E-state index in [0.29, 0.717) is 0 Å². The second-order valence-electron chi connectivity index (χ2n) is 4.39. The first-order valence-electron chi connectivity index (χ1n) is 5.51. The summed E-state index contributed by atoms with van der Waals surface area (Å²) in [6, 6.07) is 11.0. The van der Waals surface area contributed by atoms with Gasteiger partial charge in [-0.2, -0.15) is 0 Å². The molecule has 0 aliphatic carbocycles. The summed E-state index contributed by atoms with van der Waals surface area (Å²) < 4.78 is 0. The molecule has 0 bridgehead atoms. The molecule has 0 saturated carbocycles. The van der Waals surface area contributed by atoms with Gasteiger partial charge in [0.2, 0.25) is 0 Å². The molecular weight excluding hydrogens is 261 g/mol. The van der Waals surface area contributed by atoms with Gasteiger partial charge in [0.15, 0.2) is 0 Å². The highest BCUT2D eigenvalue weighted by Crippen LogP contribution is 2.21. The molecule has 88 valence electrons. The summed E-state index contributed by atoms with van der Waals surface area (Å²) in [5.41, 5.74) is 5.17. The van der Waals surface area contributed by atoms with E-state index in [4.69, 9.17) is 0 Å². The molecule has 0 radical (unpaired) electrons. The van der Waals surface area contributed by atoms with Crippen molar-refractivity contribution in [1.29, 1.82) is 0 Å². The van der Waals surface area contributed by atoms with Crippen molar-refractivity contribution in [2.75, 3.05) is 0 Å². The molecule has 0 aromatic heterocycles. The van der Waals surface area contributed by atoms with Crippen molar-refractivity contribution in [2.24, 2.45) is 0 Å². The van der Waals surface area contributed by atoms with E-state index in [2.05, 4.69) is 71.9 Å². The van der Waals surface area contributed by atoms with Crippen LogP contribution < -0.4 is 15.9 Å². The van der Waals surface area contributed by atoms with Crippen LogP contribution in [0.5, 0.6) is 0 Å². The molecule has 0 spiro atoms. The maximum absolute atomic E-state index is 2.83. The Balaban J connectivity index is 2.61. The molecule has 0 aliphatic rings. The van der Waals surface area contributed by atoms with Gasteiger partial charge in [0.1, 0.15) is 0 Å². The SMILES string of the molecule is Cc1ccc(-c2cc(C)c(P)c(P)c2)c(P)c1. The summed E-state index contributed by atoms with van der Waals surface area (Å²) in [7, 11) is 8.43. The van der Waals surface area contributed by atoms with E-state index in [-0.39, 0.29) is 0 Å². The Morgan fingerprint density at radius 3 is 2.12 bits per heavy atom. The summed E-state index contributed by atoms with van der Waals surface area (Å²) in [6.45, 7) is 4.27. The highest BCUT2D eigenvalue weighted by atomic mass is 31.0. The molecule has 2 aromatic rings.